The zero-order chi connectivity index (χ0) is 13.0. The van der Waals surface area contributed by atoms with Crippen LogP contribution in [0.15, 0.2) is 30.6 Å². The van der Waals surface area contributed by atoms with E-state index in [-0.39, 0.29) is 0 Å². The monoisotopic (exact) mass is 255 g/mol. The van der Waals surface area contributed by atoms with Crippen LogP contribution in [-0.2, 0) is 6.42 Å². The number of rotatable bonds is 3. The molecule has 0 saturated heterocycles. The zero-order valence-corrected chi connectivity index (χ0v) is 10.9. The molecule has 0 aliphatic rings. The van der Waals surface area contributed by atoms with Crippen molar-refractivity contribution in [3.05, 3.63) is 46.4 Å². The topological polar surface area (TPSA) is 52.5 Å². The minimum absolute atomic E-state index is 0.632. The predicted octanol–water partition coefficient (Wildman–Crippen LogP) is 3.63. The van der Waals surface area contributed by atoms with E-state index in [0.29, 0.717) is 10.2 Å². The van der Waals surface area contributed by atoms with Crippen molar-refractivity contribution in [2.24, 2.45) is 0 Å². The summed E-state index contributed by atoms with van der Waals surface area (Å²) in [6, 6.07) is 9.65. The van der Waals surface area contributed by atoms with Gasteiger partial charge < -0.3 is 4.98 Å². The molecule has 2 aromatic rings. The molecule has 90 valence electrons. The first-order valence-corrected chi connectivity index (χ1v) is 6.24. The fraction of sp³-hybridized carbons (Fsp3) is 0.214. The Labute approximate surface area is 111 Å². The number of H-pyrrole nitrogens is 1. The van der Waals surface area contributed by atoms with Crippen LogP contribution in [0.3, 0.4) is 0 Å². The summed E-state index contributed by atoms with van der Waals surface area (Å²) in [4.78, 5) is 7.26. The number of nitrogens with one attached hydrogen (secondary N) is 1. The summed E-state index contributed by atoms with van der Waals surface area (Å²) in [5.74, 6) is 0. The Balaban J connectivity index is 2.60. The molecule has 3 nitrogen and oxygen atoms in total. The van der Waals surface area contributed by atoms with E-state index >= 15 is 0 Å². The van der Waals surface area contributed by atoms with Crippen LogP contribution >= 0.6 is 12.2 Å². The third-order valence-electron chi connectivity index (χ3n) is 2.73. The highest BCUT2D eigenvalue weighted by atomic mass is 32.1. The molecule has 4 heteroatoms. The normalized spacial score (nSPS) is 10.0. The second-order valence-corrected chi connectivity index (χ2v) is 4.39. The van der Waals surface area contributed by atoms with E-state index in [1.54, 1.807) is 12.4 Å². The number of aromatic nitrogens is 2. The fourth-order valence-corrected chi connectivity index (χ4v) is 2.17. The summed E-state index contributed by atoms with van der Waals surface area (Å²) in [7, 11) is 0. The van der Waals surface area contributed by atoms with Crippen LogP contribution in [0.4, 0.5) is 0 Å². The quantitative estimate of drug-likeness (QED) is 0.852. The van der Waals surface area contributed by atoms with Crippen molar-refractivity contribution >= 4 is 12.2 Å². The maximum atomic E-state index is 8.94. The van der Waals surface area contributed by atoms with Crippen LogP contribution in [0.2, 0.25) is 0 Å². The van der Waals surface area contributed by atoms with E-state index in [4.69, 9.17) is 17.5 Å². The molecule has 0 saturated carbocycles. The zero-order valence-electron chi connectivity index (χ0n) is 10.1. The molecular formula is C14H13N3S. The Kier molecular flexibility index (Phi) is 3.85. The summed E-state index contributed by atoms with van der Waals surface area (Å²) in [6.07, 6.45) is 3.50. The van der Waals surface area contributed by atoms with Gasteiger partial charge in [-0.05, 0) is 24.1 Å². The second kappa shape index (κ2) is 5.56. The first-order valence-electron chi connectivity index (χ1n) is 5.83. The van der Waals surface area contributed by atoms with Gasteiger partial charge in [-0.1, -0.05) is 37.7 Å². The molecule has 0 atom stereocenters. The van der Waals surface area contributed by atoms with Crippen molar-refractivity contribution in [1.29, 1.82) is 5.26 Å². The van der Waals surface area contributed by atoms with Gasteiger partial charge in [0.2, 0.25) is 0 Å². The van der Waals surface area contributed by atoms with Gasteiger partial charge in [-0.15, -0.1) is 0 Å². The van der Waals surface area contributed by atoms with Gasteiger partial charge in [0.15, 0.2) is 0 Å². The average molecular weight is 255 g/mol. The Hall–Kier alpha value is -1.99. The van der Waals surface area contributed by atoms with E-state index in [9.17, 15) is 0 Å². The molecule has 2 rings (SSSR count). The molecule has 0 fully saturated rings. The minimum Gasteiger partial charge on any atom is -0.346 e. The number of nitriles is 1. The van der Waals surface area contributed by atoms with Gasteiger partial charge in [-0.25, -0.2) is 4.98 Å². The summed E-state index contributed by atoms with van der Waals surface area (Å²) < 4.78 is 0.632. The molecule has 0 bridgehead atoms. The van der Waals surface area contributed by atoms with Gasteiger partial charge in [-0.2, -0.15) is 5.26 Å². The lowest BCUT2D eigenvalue weighted by molar-refractivity contribution is 0.898. The predicted molar refractivity (Wildman–Crippen MR) is 73.6 cm³/mol. The van der Waals surface area contributed by atoms with E-state index < -0.39 is 0 Å². The smallest absolute Gasteiger partial charge is 0.133 e. The molecule has 1 aromatic carbocycles. The van der Waals surface area contributed by atoms with Crippen molar-refractivity contribution in [1.82, 2.24) is 9.97 Å². The summed E-state index contributed by atoms with van der Waals surface area (Å²) >= 11 is 5.27. The molecule has 18 heavy (non-hydrogen) atoms. The number of nitrogens with zero attached hydrogens (tertiary/aromatic N) is 2. The number of hydrogen-bond donors (Lipinski definition) is 1. The Bertz CT molecular complexity index is 653. The molecule has 1 aromatic heterocycles. The van der Waals surface area contributed by atoms with E-state index in [2.05, 4.69) is 23.0 Å². The van der Waals surface area contributed by atoms with Crippen LogP contribution in [0.1, 0.15) is 24.5 Å². The summed E-state index contributed by atoms with van der Waals surface area (Å²) in [6.45, 7) is 2.11. The van der Waals surface area contributed by atoms with Crippen molar-refractivity contribution in [2.45, 2.75) is 19.8 Å². The first-order chi connectivity index (χ1) is 8.76. The summed E-state index contributed by atoms with van der Waals surface area (Å²) in [5.41, 5.74) is 3.64. The van der Waals surface area contributed by atoms with E-state index in [1.165, 1.54) is 0 Å². The fourth-order valence-electron chi connectivity index (χ4n) is 1.91. The largest absolute Gasteiger partial charge is 0.346 e. The van der Waals surface area contributed by atoms with E-state index in [1.807, 2.05) is 18.2 Å². The molecule has 1 heterocycles. The Morgan fingerprint density at radius 2 is 2.28 bits per heavy atom. The van der Waals surface area contributed by atoms with Gasteiger partial charge in [0.1, 0.15) is 4.64 Å². The molecule has 0 aliphatic carbocycles. The minimum atomic E-state index is 0.632. The number of aromatic amines is 1. The highest BCUT2D eigenvalue weighted by molar-refractivity contribution is 7.71. The molecule has 0 radical (unpaired) electrons. The molecule has 0 spiro atoms. The van der Waals surface area contributed by atoms with Crippen molar-refractivity contribution in [2.75, 3.05) is 0 Å². The standard InChI is InChI=1S/C14H13N3S/c1-2-4-12-13(16-9-17-14(12)18)11-6-3-5-10(7-11)8-15/h3,5-7,9H,2,4H2,1H3,(H,16,17,18). The van der Waals surface area contributed by atoms with E-state index in [0.717, 1.165) is 29.7 Å². The van der Waals surface area contributed by atoms with Gasteiger partial charge in [-0.3, -0.25) is 0 Å². The van der Waals surface area contributed by atoms with Crippen LogP contribution < -0.4 is 0 Å². The number of benzene rings is 1. The van der Waals surface area contributed by atoms with Crippen molar-refractivity contribution < 1.29 is 0 Å². The van der Waals surface area contributed by atoms with Crippen molar-refractivity contribution in [3.63, 3.8) is 0 Å². The van der Waals surface area contributed by atoms with Crippen LogP contribution in [0.5, 0.6) is 0 Å². The maximum Gasteiger partial charge on any atom is 0.133 e. The van der Waals surface area contributed by atoms with Gasteiger partial charge in [0.05, 0.1) is 23.7 Å². The van der Waals surface area contributed by atoms with Crippen molar-refractivity contribution in [3.8, 4) is 17.3 Å². The third kappa shape index (κ3) is 2.47. The van der Waals surface area contributed by atoms with Gasteiger partial charge in [0.25, 0.3) is 0 Å². The SMILES string of the molecule is CCCc1c(-c2cccc(C#N)c2)[nH]cnc1=S. The average Bonchev–Trinajstić information content (AvgIpc) is 2.41. The lowest BCUT2D eigenvalue weighted by atomic mass is 10.0. The van der Waals surface area contributed by atoms with Crippen LogP contribution in [0, 0.1) is 16.0 Å². The highest BCUT2D eigenvalue weighted by Gasteiger charge is 2.07. The Morgan fingerprint density at radius 3 is 3.00 bits per heavy atom. The lowest BCUT2D eigenvalue weighted by Gasteiger charge is -2.08. The first kappa shape index (κ1) is 12.5. The maximum absolute atomic E-state index is 8.94. The molecule has 0 aliphatic heterocycles. The van der Waals surface area contributed by atoms with Crippen LogP contribution in [-0.4, -0.2) is 9.97 Å². The number of hydrogen-bond acceptors (Lipinski definition) is 3. The highest BCUT2D eigenvalue weighted by Crippen LogP contribution is 2.23. The third-order valence-corrected chi connectivity index (χ3v) is 3.08. The molecule has 0 unspecified atom stereocenters. The molecule has 0 amide bonds. The van der Waals surface area contributed by atoms with Gasteiger partial charge in [0, 0.05) is 5.56 Å². The molecule has 1 N–H and O–H groups in total. The summed E-state index contributed by atoms with van der Waals surface area (Å²) in [5, 5.41) is 8.94. The van der Waals surface area contributed by atoms with Gasteiger partial charge >= 0.3 is 0 Å². The Morgan fingerprint density at radius 1 is 1.44 bits per heavy atom. The molecular weight excluding hydrogens is 242 g/mol. The lowest BCUT2D eigenvalue weighted by Crippen LogP contribution is -1.96. The second-order valence-electron chi connectivity index (χ2n) is 4.00. The van der Waals surface area contributed by atoms with Crippen LogP contribution in [0.25, 0.3) is 11.3 Å².